The topological polar surface area (TPSA) is 77.3 Å². The van der Waals surface area contributed by atoms with Gasteiger partial charge in [0, 0.05) is 37.2 Å². The number of ether oxygens (including phenoxy) is 3. The van der Waals surface area contributed by atoms with Gasteiger partial charge in [-0.2, -0.15) is 0 Å². The molecule has 1 spiro atoms. The largest absolute Gasteiger partial charge is 0.493 e. The van der Waals surface area contributed by atoms with Crippen molar-refractivity contribution in [2.45, 2.75) is 43.3 Å². The zero-order valence-electron chi connectivity index (χ0n) is 19.0. The summed E-state index contributed by atoms with van der Waals surface area (Å²) in [7, 11) is 3.37. The smallest absolute Gasteiger partial charge is 0.335 e. The van der Waals surface area contributed by atoms with Crippen molar-refractivity contribution in [1.82, 2.24) is 0 Å². The van der Waals surface area contributed by atoms with Crippen LogP contribution in [0.4, 0.5) is 0 Å². The minimum Gasteiger partial charge on any atom is -0.493 e. The summed E-state index contributed by atoms with van der Waals surface area (Å²) in [5.41, 5.74) is 1.92. The Morgan fingerprint density at radius 2 is 2.03 bits per heavy atom. The van der Waals surface area contributed by atoms with E-state index in [0.29, 0.717) is 36.5 Å². The molecule has 3 aliphatic rings. The highest BCUT2D eigenvalue weighted by Gasteiger charge is 2.65. The summed E-state index contributed by atoms with van der Waals surface area (Å²) < 4.78 is 17.8. The lowest BCUT2D eigenvalue weighted by molar-refractivity contribution is -0.138. The van der Waals surface area contributed by atoms with Gasteiger partial charge in [0.15, 0.2) is 17.6 Å². The average molecular weight is 446 g/mol. The van der Waals surface area contributed by atoms with Crippen molar-refractivity contribution in [2.24, 2.45) is 4.99 Å². The SMILES string of the molecule is C/N=C1/Cc2ccc(OC)c3c2[C@@]2(C1)C(O3)C(OC(=O)/C=C/c1ccccc1)=CC[C@]2(C)O. The van der Waals surface area contributed by atoms with Crippen LogP contribution in [-0.4, -0.2) is 42.7 Å². The fourth-order valence-electron chi connectivity index (χ4n) is 5.42. The highest BCUT2D eigenvalue weighted by atomic mass is 16.6. The second-order valence-electron chi connectivity index (χ2n) is 8.99. The van der Waals surface area contributed by atoms with Gasteiger partial charge in [0.05, 0.1) is 18.1 Å². The molecule has 0 bridgehead atoms. The van der Waals surface area contributed by atoms with Gasteiger partial charge in [-0.1, -0.05) is 36.4 Å². The van der Waals surface area contributed by atoms with Crippen LogP contribution in [0, 0.1) is 0 Å². The summed E-state index contributed by atoms with van der Waals surface area (Å²) in [6.45, 7) is 1.82. The molecule has 0 saturated heterocycles. The van der Waals surface area contributed by atoms with Crippen LogP contribution in [0.15, 0.2) is 65.4 Å². The van der Waals surface area contributed by atoms with E-state index in [4.69, 9.17) is 14.2 Å². The van der Waals surface area contributed by atoms with Gasteiger partial charge in [0.25, 0.3) is 0 Å². The number of hydrogen-bond acceptors (Lipinski definition) is 6. The normalized spacial score (nSPS) is 28.7. The summed E-state index contributed by atoms with van der Waals surface area (Å²) in [4.78, 5) is 17.2. The number of aliphatic imine (C=N–C) groups is 1. The summed E-state index contributed by atoms with van der Waals surface area (Å²) in [5, 5.41) is 11.7. The van der Waals surface area contributed by atoms with Gasteiger partial charge in [0.1, 0.15) is 5.76 Å². The molecule has 0 fully saturated rings. The van der Waals surface area contributed by atoms with E-state index in [0.717, 1.165) is 22.4 Å². The van der Waals surface area contributed by atoms with Crippen molar-refractivity contribution < 1.29 is 24.1 Å². The van der Waals surface area contributed by atoms with E-state index in [1.54, 1.807) is 26.3 Å². The lowest BCUT2D eigenvalue weighted by Crippen LogP contribution is -2.61. The lowest BCUT2D eigenvalue weighted by Gasteiger charge is -2.50. The average Bonchev–Trinajstić information content (AvgIpc) is 3.19. The summed E-state index contributed by atoms with van der Waals surface area (Å²) in [6, 6.07) is 13.4. The monoisotopic (exact) mass is 445 g/mol. The standard InChI is InChI=1S/C27H27NO5/c1-26(30)14-13-21(32-22(29)12-9-17-7-5-4-6-8-17)25-27(26)16-19(28-2)15-18-10-11-20(31-3)24(33-25)23(18)27/h4-13,25,30H,14-16H2,1-3H3/b12-9+,28-19-/t25?,26-,27-/m0/s1. The van der Waals surface area contributed by atoms with Gasteiger partial charge in [-0.05, 0) is 42.7 Å². The highest BCUT2D eigenvalue weighted by Crippen LogP contribution is 2.61. The van der Waals surface area contributed by atoms with Gasteiger partial charge in [0.2, 0.25) is 0 Å². The molecular formula is C27H27NO5. The Hall–Kier alpha value is -3.38. The number of carbonyl (C=O) groups excluding carboxylic acids is 1. The van der Waals surface area contributed by atoms with Crippen molar-refractivity contribution in [3.8, 4) is 11.5 Å². The predicted molar refractivity (Wildman–Crippen MR) is 126 cm³/mol. The van der Waals surface area contributed by atoms with Crippen LogP contribution in [0.5, 0.6) is 11.5 Å². The molecule has 6 nitrogen and oxygen atoms in total. The Morgan fingerprint density at radius 1 is 1.24 bits per heavy atom. The number of aliphatic hydroxyl groups is 1. The van der Waals surface area contributed by atoms with E-state index in [-0.39, 0.29) is 0 Å². The number of rotatable bonds is 4. The van der Waals surface area contributed by atoms with Crippen molar-refractivity contribution in [3.63, 3.8) is 0 Å². The van der Waals surface area contributed by atoms with Crippen molar-refractivity contribution in [1.29, 1.82) is 0 Å². The molecule has 33 heavy (non-hydrogen) atoms. The number of methoxy groups -OCH3 is 1. The summed E-state index contributed by atoms with van der Waals surface area (Å²) in [5.74, 6) is 1.13. The highest BCUT2D eigenvalue weighted by molar-refractivity contribution is 5.92. The third-order valence-corrected chi connectivity index (χ3v) is 7.10. The van der Waals surface area contributed by atoms with E-state index in [1.165, 1.54) is 6.08 Å². The van der Waals surface area contributed by atoms with Crippen LogP contribution in [0.25, 0.3) is 6.08 Å². The van der Waals surface area contributed by atoms with Crippen LogP contribution < -0.4 is 9.47 Å². The Balaban J connectivity index is 1.55. The minimum absolute atomic E-state index is 0.324. The Morgan fingerprint density at radius 3 is 2.76 bits per heavy atom. The zero-order valence-corrected chi connectivity index (χ0v) is 19.0. The fourth-order valence-corrected chi connectivity index (χ4v) is 5.42. The first kappa shape index (κ1) is 21.5. The molecule has 1 aliphatic heterocycles. The van der Waals surface area contributed by atoms with E-state index < -0.39 is 23.1 Å². The van der Waals surface area contributed by atoms with Crippen LogP contribution in [0.2, 0.25) is 0 Å². The molecule has 0 saturated carbocycles. The lowest BCUT2D eigenvalue weighted by atomic mass is 9.55. The van der Waals surface area contributed by atoms with Crippen molar-refractivity contribution in [2.75, 3.05) is 14.2 Å². The second kappa shape index (κ2) is 7.89. The molecule has 0 aromatic heterocycles. The quantitative estimate of drug-likeness (QED) is 0.569. The van der Waals surface area contributed by atoms with Crippen molar-refractivity contribution >= 4 is 17.8 Å². The van der Waals surface area contributed by atoms with E-state index in [9.17, 15) is 9.90 Å². The number of nitrogens with zero attached hydrogens (tertiary/aromatic N) is 1. The van der Waals surface area contributed by atoms with Gasteiger partial charge in [-0.25, -0.2) is 4.79 Å². The molecule has 0 radical (unpaired) electrons. The van der Waals surface area contributed by atoms with E-state index in [1.807, 2.05) is 49.4 Å². The first-order chi connectivity index (χ1) is 15.9. The molecule has 2 aromatic carbocycles. The third-order valence-electron chi connectivity index (χ3n) is 7.10. The van der Waals surface area contributed by atoms with Gasteiger partial charge in [-0.15, -0.1) is 0 Å². The van der Waals surface area contributed by atoms with Crippen LogP contribution in [0.1, 0.15) is 36.5 Å². The number of benzene rings is 2. The zero-order chi connectivity index (χ0) is 23.2. The van der Waals surface area contributed by atoms with E-state index >= 15 is 0 Å². The molecule has 1 unspecified atom stereocenters. The maximum atomic E-state index is 12.7. The first-order valence-electron chi connectivity index (χ1n) is 11.1. The Bertz CT molecular complexity index is 1190. The maximum absolute atomic E-state index is 12.7. The van der Waals surface area contributed by atoms with Gasteiger partial charge < -0.3 is 19.3 Å². The summed E-state index contributed by atoms with van der Waals surface area (Å²) in [6.07, 6.45) is 5.75. The van der Waals surface area contributed by atoms with Gasteiger partial charge >= 0.3 is 5.97 Å². The molecular weight excluding hydrogens is 418 g/mol. The van der Waals surface area contributed by atoms with Gasteiger partial charge in [-0.3, -0.25) is 4.99 Å². The number of carbonyl (C=O) groups is 1. The van der Waals surface area contributed by atoms with Crippen LogP contribution in [0.3, 0.4) is 0 Å². The molecule has 2 aromatic rings. The van der Waals surface area contributed by atoms with Crippen LogP contribution >= 0.6 is 0 Å². The minimum atomic E-state index is -1.13. The molecule has 1 N–H and O–H groups in total. The molecule has 5 rings (SSSR count). The number of esters is 1. The van der Waals surface area contributed by atoms with E-state index in [2.05, 4.69) is 4.99 Å². The molecule has 1 heterocycles. The Kier molecular flexibility index (Phi) is 5.13. The fraction of sp³-hybridized carbons (Fsp3) is 0.333. The van der Waals surface area contributed by atoms with Crippen molar-refractivity contribution in [3.05, 3.63) is 77.1 Å². The third kappa shape index (κ3) is 3.28. The second-order valence-corrected chi connectivity index (χ2v) is 8.99. The van der Waals surface area contributed by atoms with Crippen LogP contribution in [-0.2, 0) is 21.4 Å². The maximum Gasteiger partial charge on any atom is 0.335 e. The summed E-state index contributed by atoms with van der Waals surface area (Å²) >= 11 is 0. The molecule has 0 amide bonds. The molecule has 170 valence electrons. The molecule has 6 heteroatoms. The number of hydrogen-bond donors (Lipinski definition) is 1. The molecule has 3 atom stereocenters. The first-order valence-corrected chi connectivity index (χ1v) is 11.1. The predicted octanol–water partition coefficient (Wildman–Crippen LogP) is 4.01. The Labute approximate surface area is 193 Å². The molecule has 2 aliphatic carbocycles.